The van der Waals surface area contributed by atoms with E-state index >= 15 is 0 Å². The average molecular weight is 407 g/mol. The fourth-order valence-electron chi connectivity index (χ4n) is 3.87. The number of carboxylic acid groups (broad SMARTS) is 1. The summed E-state index contributed by atoms with van der Waals surface area (Å²) in [5.74, 6) is -2.21. The minimum atomic E-state index is -0.886. The molecule has 2 N–H and O–H groups in total. The zero-order chi connectivity index (χ0) is 20.2. The zero-order valence-electron chi connectivity index (χ0n) is 15.9. The SMILES string of the molecule is O=C(O)[C@H]1CCCC[C@@H]1C(=O)Nc1nc(-c2ccc(-c3ccccc3)cc2)cs1. The summed E-state index contributed by atoms with van der Waals surface area (Å²) < 4.78 is 0. The van der Waals surface area contributed by atoms with Gasteiger partial charge in [0.2, 0.25) is 5.91 Å². The van der Waals surface area contributed by atoms with Gasteiger partial charge in [-0.1, -0.05) is 67.4 Å². The van der Waals surface area contributed by atoms with Gasteiger partial charge in [-0.2, -0.15) is 0 Å². The molecule has 3 aromatic rings. The van der Waals surface area contributed by atoms with E-state index in [0.29, 0.717) is 18.0 Å². The van der Waals surface area contributed by atoms with Crippen LogP contribution in [0.2, 0.25) is 0 Å². The number of carbonyl (C=O) groups excluding carboxylic acids is 1. The van der Waals surface area contributed by atoms with E-state index in [1.807, 2.05) is 35.7 Å². The number of benzene rings is 2. The largest absolute Gasteiger partial charge is 0.481 e. The number of nitrogens with zero attached hydrogens (tertiary/aromatic N) is 1. The summed E-state index contributed by atoms with van der Waals surface area (Å²) in [5, 5.41) is 14.6. The first-order valence-electron chi connectivity index (χ1n) is 9.77. The van der Waals surface area contributed by atoms with Gasteiger partial charge in [0, 0.05) is 10.9 Å². The standard InChI is InChI=1S/C23H22N2O3S/c26-21(18-8-4-5-9-19(18)22(27)28)25-23-24-20(14-29-23)17-12-10-16(11-13-17)15-6-2-1-3-7-15/h1-3,6-7,10-14,18-19H,4-5,8-9H2,(H,27,28)(H,24,25,26)/t18-,19-/m0/s1. The van der Waals surface area contributed by atoms with Crippen molar-refractivity contribution in [3.8, 4) is 22.4 Å². The fraction of sp³-hybridized carbons (Fsp3) is 0.261. The van der Waals surface area contributed by atoms with Gasteiger partial charge in [0.25, 0.3) is 0 Å². The third-order valence-corrected chi connectivity index (χ3v) is 6.20. The van der Waals surface area contributed by atoms with Crippen LogP contribution in [0.1, 0.15) is 25.7 Å². The lowest BCUT2D eigenvalue weighted by Gasteiger charge is -2.26. The number of carbonyl (C=O) groups is 2. The predicted molar refractivity (Wildman–Crippen MR) is 115 cm³/mol. The van der Waals surface area contributed by atoms with Crippen LogP contribution in [0.5, 0.6) is 0 Å². The number of aromatic nitrogens is 1. The second-order valence-corrected chi connectivity index (χ2v) is 8.16. The molecule has 0 bridgehead atoms. The van der Waals surface area contributed by atoms with Gasteiger partial charge >= 0.3 is 5.97 Å². The summed E-state index contributed by atoms with van der Waals surface area (Å²) in [4.78, 5) is 28.6. The van der Waals surface area contributed by atoms with Gasteiger partial charge in [-0.25, -0.2) is 4.98 Å². The summed E-state index contributed by atoms with van der Waals surface area (Å²) >= 11 is 1.36. The Bertz CT molecular complexity index is 998. The number of aliphatic carboxylic acids is 1. The number of carboxylic acids is 1. The van der Waals surface area contributed by atoms with Crippen molar-refractivity contribution in [3.63, 3.8) is 0 Å². The lowest BCUT2D eigenvalue weighted by Crippen LogP contribution is -2.36. The fourth-order valence-corrected chi connectivity index (χ4v) is 4.59. The van der Waals surface area contributed by atoms with E-state index in [4.69, 9.17) is 0 Å². The van der Waals surface area contributed by atoms with Gasteiger partial charge in [-0.3, -0.25) is 9.59 Å². The highest BCUT2D eigenvalue weighted by Crippen LogP contribution is 2.32. The molecule has 6 heteroatoms. The molecule has 1 aliphatic rings. The molecule has 0 spiro atoms. The Morgan fingerprint density at radius 2 is 1.52 bits per heavy atom. The van der Waals surface area contributed by atoms with Gasteiger partial charge in [0.1, 0.15) is 0 Å². The van der Waals surface area contributed by atoms with Crippen molar-refractivity contribution in [1.29, 1.82) is 0 Å². The maximum atomic E-state index is 12.6. The Morgan fingerprint density at radius 3 is 2.21 bits per heavy atom. The van der Waals surface area contributed by atoms with Crippen molar-refractivity contribution in [3.05, 3.63) is 60.0 Å². The molecular formula is C23H22N2O3S. The Hall–Kier alpha value is -2.99. The molecule has 0 aliphatic heterocycles. The molecule has 5 nitrogen and oxygen atoms in total. The molecule has 0 saturated heterocycles. The van der Waals surface area contributed by atoms with Crippen LogP contribution in [0.3, 0.4) is 0 Å². The molecule has 2 atom stereocenters. The Kier molecular flexibility index (Phi) is 5.71. The topological polar surface area (TPSA) is 79.3 Å². The first-order valence-corrected chi connectivity index (χ1v) is 10.6. The monoisotopic (exact) mass is 406 g/mol. The number of nitrogens with one attached hydrogen (secondary N) is 1. The van der Waals surface area contributed by atoms with E-state index in [0.717, 1.165) is 35.2 Å². The van der Waals surface area contributed by atoms with E-state index in [-0.39, 0.29) is 5.91 Å². The number of hydrogen-bond acceptors (Lipinski definition) is 4. The van der Waals surface area contributed by atoms with E-state index in [1.54, 1.807) is 0 Å². The second-order valence-electron chi connectivity index (χ2n) is 7.31. The van der Waals surface area contributed by atoms with Crippen molar-refractivity contribution in [2.24, 2.45) is 11.8 Å². The summed E-state index contributed by atoms with van der Waals surface area (Å²) in [7, 11) is 0. The summed E-state index contributed by atoms with van der Waals surface area (Å²) in [6.45, 7) is 0. The lowest BCUT2D eigenvalue weighted by molar-refractivity contribution is -0.147. The molecule has 0 unspecified atom stereocenters. The van der Waals surface area contributed by atoms with Crippen LogP contribution in [0.15, 0.2) is 60.0 Å². The van der Waals surface area contributed by atoms with Crippen LogP contribution in [0.25, 0.3) is 22.4 Å². The van der Waals surface area contributed by atoms with E-state index in [9.17, 15) is 14.7 Å². The first kappa shape index (κ1) is 19.3. The number of amides is 1. The van der Waals surface area contributed by atoms with Crippen LogP contribution in [-0.4, -0.2) is 22.0 Å². The summed E-state index contributed by atoms with van der Waals surface area (Å²) in [6, 6.07) is 18.3. The first-order chi connectivity index (χ1) is 14.1. The van der Waals surface area contributed by atoms with Crippen LogP contribution in [0, 0.1) is 11.8 Å². The quantitative estimate of drug-likeness (QED) is 0.602. The molecule has 1 heterocycles. The molecule has 2 aromatic carbocycles. The molecule has 1 saturated carbocycles. The van der Waals surface area contributed by atoms with Crippen LogP contribution < -0.4 is 5.32 Å². The molecule has 1 aliphatic carbocycles. The van der Waals surface area contributed by atoms with Crippen molar-refractivity contribution in [2.75, 3.05) is 5.32 Å². The van der Waals surface area contributed by atoms with Gasteiger partial charge in [-0.15, -0.1) is 11.3 Å². The molecule has 0 radical (unpaired) electrons. The van der Waals surface area contributed by atoms with Crippen molar-refractivity contribution in [1.82, 2.24) is 4.98 Å². The number of rotatable bonds is 5. The Balaban J connectivity index is 1.45. The Morgan fingerprint density at radius 1 is 0.897 bits per heavy atom. The molecule has 4 rings (SSSR count). The van der Waals surface area contributed by atoms with Gasteiger partial charge in [-0.05, 0) is 24.0 Å². The van der Waals surface area contributed by atoms with Gasteiger partial charge in [0.05, 0.1) is 17.5 Å². The summed E-state index contributed by atoms with van der Waals surface area (Å²) in [6.07, 6.45) is 2.92. The highest BCUT2D eigenvalue weighted by molar-refractivity contribution is 7.14. The van der Waals surface area contributed by atoms with E-state index < -0.39 is 17.8 Å². The normalized spacial score (nSPS) is 18.9. The summed E-state index contributed by atoms with van der Waals surface area (Å²) in [5.41, 5.74) is 4.06. The highest BCUT2D eigenvalue weighted by atomic mass is 32.1. The molecule has 1 aromatic heterocycles. The van der Waals surface area contributed by atoms with E-state index in [2.05, 4.69) is 34.6 Å². The molecule has 1 fully saturated rings. The van der Waals surface area contributed by atoms with Gasteiger partial charge in [0.15, 0.2) is 5.13 Å². The smallest absolute Gasteiger partial charge is 0.307 e. The third-order valence-electron chi connectivity index (χ3n) is 5.44. The zero-order valence-corrected chi connectivity index (χ0v) is 16.7. The maximum Gasteiger partial charge on any atom is 0.307 e. The minimum absolute atomic E-state index is 0.238. The van der Waals surface area contributed by atoms with Crippen LogP contribution >= 0.6 is 11.3 Å². The molecular weight excluding hydrogens is 384 g/mol. The third kappa shape index (κ3) is 4.38. The number of thiazole rings is 1. The molecule has 148 valence electrons. The van der Waals surface area contributed by atoms with Crippen LogP contribution in [-0.2, 0) is 9.59 Å². The van der Waals surface area contributed by atoms with E-state index in [1.165, 1.54) is 11.3 Å². The van der Waals surface area contributed by atoms with Crippen molar-refractivity contribution < 1.29 is 14.7 Å². The maximum absolute atomic E-state index is 12.6. The predicted octanol–water partition coefficient (Wildman–Crippen LogP) is 5.31. The Labute approximate surface area is 173 Å². The number of hydrogen-bond donors (Lipinski definition) is 2. The number of anilines is 1. The lowest BCUT2D eigenvalue weighted by atomic mass is 9.79. The minimum Gasteiger partial charge on any atom is -0.481 e. The molecule has 1 amide bonds. The van der Waals surface area contributed by atoms with Crippen LogP contribution in [0.4, 0.5) is 5.13 Å². The second kappa shape index (κ2) is 8.57. The van der Waals surface area contributed by atoms with Crippen molar-refractivity contribution in [2.45, 2.75) is 25.7 Å². The average Bonchev–Trinajstić information content (AvgIpc) is 3.23. The highest BCUT2D eigenvalue weighted by Gasteiger charge is 2.35. The van der Waals surface area contributed by atoms with Gasteiger partial charge < -0.3 is 10.4 Å². The molecule has 29 heavy (non-hydrogen) atoms. The van der Waals surface area contributed by atoms with Crippen molar-refractivity contribution >= 4 is 28.3 Å².